The number of rotatable bonds is 2. The molecule has 0 aliphatic carbocycles. The Hall–Kier alpha value is -2.04. The number of ether oxygens (including phenoxy) is 1. The molecule has 1 N–H and O–H groups in total. The maximum absolute atomic E-state index is 11.7. The van der Waals surface area contributed by atoms with Crippen LogP contribution in [0.3, 0.4) is 0 Å². The van der Waals surface area contributed by atoms with Crippen LogP contribution >= 0.6 is 0 Å². The molecule has 1 aliphatic heterocycles. The Morgan fingerprint density at radius 2 is 2.17 bits per heavy atom. The van der Waals surface area contributed by atoms with Crippen molar-refractivity contribution in [3.05, 3.63) is 29.3 Å². The number of carbonyl (C=O) groups excluding carboxylic acids is 1. The van der Waals surface area contributed by atoms with Crippen molar-refractivity contribution in [1.82, 2.24) is 0 Å². The van der Waals surface area contributed by atoms with E-state index in [1.807, 2.05) is 32.0 Å². The number of amides is 1. The minimum atomic E-state index is -0.947. The Labute approximate surface area is 105 Å². The standard InChI is InChI=1S/C13H15NO4/c1-8-3-4-11(9(2)5-8)14-6-10(12(15)16)7-18-13(14)17/h3-5,10H,6-7H2,1-2H3,(H,15,16). The lowest BCUT2D eigenvalue weighted by Crippen LogP contribution is -2.46. The first-order chi connectivity index (χ1) is 8.49. The van der Waals surface area contributed by atoms with Gasteiger partial charge in [-0.3, -0.25) is 9.69 Å². The summed E-state index contributed by atoms with van der Waals surface area (Å²) in [6.07, 6.45) is -0.487. The summed E-state index contributed by atoms with van der Waals surface area (Å²) >= 11 is 0. The molecule has 0 spiro atoms. The van der Waals surface area contributed by atoms with Gasteiger partial charge in [0.25, 0.3) is 0 Å². The van der Waals surface area contributed by atoms with Crippen molar-refractivity contribution in [1.29, 1.82) is 0 Å². The molecular weight excluding hydrogens is 234 g/mol. The average molecular weight is 249 g/mol. The summed E-state index contributed by atoms with van der Waals surface area (Å²) in [5, 5.41) is 8.98. The zero-order valence-corrected chi connectivity index (χ0v) is 10.3. The van der Waals surface area contributed by atoms with Gasteiger partial charge in [0.1, 0.15) is 12.5 Å². The van der Waals surface area contributed by atoms with E-state index >= 15 is 0 Å². The van der Waals surface area contributed by atoms with E-state index in [4.69, 9.17) is 9.84 Å². The number of anilines is 1. The van der Waals surface area contributed by atoms with E-state index in [9.17, 15) is 9.59 Å². The molecule has 1 heterocycles. The lowest BCUT2D eigenvalue weighted by molar-refractivity contribution is -0.143. The van der Waals surface area contributed by atoms with Crippen LogP contribution in [-0.4, -0.2) is 30.3 Å². The molecule has 18 heavy (non-hydrogen) atoms. The molecule has 1 atom stereocenters. The smallest absolute Gasteiger partial charge is 0.414 e. The van der Waals surface area contributed by atoms with Gasteiger partial charge in [0.05, 0.1) is 0 Å². The molecule has 1 amide bonds. The number of carboxylic acid groups (broad SMARTS) is 1. The zero-order chi connectivity index (χ0) is 13.3. The van der Waals surface area contributed by atoms with Crippen LogP contribution in [0.4, 0.5) is 10.5 Å². The lowest BCUT2D eigenvalue weighted by Gasteiger charge is -2.31. The molecule has 5 nitrogen and oxygen atoms in total. The van der Waals surface area contributed by atoms with Gasteiger partial charge in [-0.05, 0) is 25.5 Å². The number of carboxylic acids is 1. The molecule has 0 bridgehead atoms. The normalized spacial score (nSPS) is 19.6. The third-order valence-corrected chi connectivity index (χ3v) is 3.02. The molecule has 1 fully saturated rings. The van der Waals surface area contributed by atoms with Crippen molar-refractivity contribution in [2.75, 3.05) is 18.1 Å². The van der Waals surface area contributed by atoms with Gasteiger partial charge >= 0.3 is 12.1 Å². The summed E-state index contributed by atoms with van der Waals surface area (Å²) in [5.41, 5.74) is 2.73. The number of hydrogen-bond acceptors (Lipinski definition) is 3. The maximum atomic E-state index is 11.7. The van der Waals surface area contributed by atoms with Gasteiger partial charge in [0.15, 0.2) is 0 Å². The SMILES string of the molecule is Cc1ccc(N2CC(C(=O)O)COC2=O)c(C)c1. The van der Waals surface area contributed by atoms with Crippen LogP contribution in [-0.2, 0) is 9.53 Å². The highest BCUT2D eigenvalue weighted by Gasteiger charge is 2.33. The largest absolute Gasteiger partial charge is 0.481 e. The minimum Gasteiger partial charge on any atom is -0.481 e. The number of nitrogens with zero attached hydrogens (tertiary/aromatic N) is 1. The van der Waals surface area contributed by atoms with Crippen LogP contribution in [0.15, 0.2) is 18.2 Å². The summed E-state index contributed by atoms with van der Waals surface area (Å²) in [7, 11) is 0. The number of cyclic esters (lactones) is 1. The van der Waals surface area contributed by atoms with Gasteiger partial charge in [-0.2, -0.15) is 0 Å². The second-order valence-corrected chi connectivity index (χ2v) is 4.51. The maximum Gasteiger partial charge on any atom is 0.414 e. The Balaban J connectivity index is 2.29. The van der Waals surface area contributed by atoms with E-state index in [2.05, 4.69) is 0 Å². The summed E-state index contributed by atoms with van der Waals surface area (Å²) < 4.78 is 4.91. The Morgan fingerprint density at radius 3 is 2.78 bits per heavy atom. The summed E-state index contributed by atoms with van der Waals surface area (Å²) in [6, 6.07) is 5.66. The van der Waals surface area contributed by atoms with Crippen LogP contribution < -0.4 is 4.90 Å². The first-order valence-electron chi connectivity index (χ1n) is 5.73. The Bertz CT molecular complexity index is 498. The third-order valence-electron chi connectivity index (χ3n) is 3.02. The van der Waals surface area contributed by atoms with E-state index in [0.717, 1.165) is 11.1 Å². The molecule has 1 unspecified atom stereocenters. The Morgan fingerprint density at radius 1 is 1.44 bits per heavy atom. The number of carbonyl (C=O) groups is 2. The van der Waals surface area contributed by atoms with Gasteiger partial charge in [-0.15, -0.1) is 0 Å². The molecule has 0 aromatic heterocycles. The van der Waals surface area contributed by atoms with Crippen LogP contribution in [0.1, 0.15) is 11.1 Å². The highest BCUT2D eigenvalue weighted by molar-refractivity contribution is 5.91. The molecule has 1 aromatic carbocycles. The monoisotopic (exact) mass is 249 g/mol. The number of aliphatic carboxylic acids is 1. The summed E-state index contributed by atoms with van der Waals surface area (Å²) in [5.74, 6) is -1.62. The van der Waals surface area contributed by atoms with Crippen molar-refractivity contribution in [3.63, 3.8) is 0 Å². The fraction of sp³-hybridized carbons (Fsp3) is 0.385. The van der Waals surface area contributed by atoms with Gasteiger partial charge in [0.2, 0.25) is 0 Å². The number of hydrogen-bond donors (Lipinski definition) is 1. The zero-order valence-electron chi connectivity index (χ0n) is 10.3. The molecule has 1 aromatic rings. The highest BCUT2D eigenvalue weighted by Crippen LogP contribution is 2.25. The second-order valence-electron chi connectivity index (χ2n) is 4.51. The predicted molar refractivity (Wildman–Crippen MR) is 65.7 cm³/mol. The second kappa shape index (κ2) is 4.68. The van der Waals surface area contributed by atoms with Crippen molar-refractivity contribution in [2.45, 2.75) is 13.8 Å². The first-order valence-corrected chi connectivity index (χ1v) is 5.73. The van der Waals surface area contributed by atoms with E-state index in [1.54, 1.807) is 0 Å². The number of benzene rings is 1. The molecule has 0 saturated carbocycles. The molecule has 1 aliphatic rings. The van der Waals surface area contributed by atoms with Crippen molar-refractivity contribution < 1.29 is 19.4 Å². The van der Waals surface area contributed by atoms with Gasteiger partial charge < -0.3 is 9.84 Å². The van der Waals surface area contributed by atoms with E-state index in [-0.39, 0.29) is 13.2 Å². The van der Waals surface area contributed by atoms with Crippen LogP contribution in [0.25, 0.3) is 0 Å². The molecular formula is C13H15NO4. The van der Waals surface area contributed by atoms with E-state index in [0.29, 0.717) is 5.69 Å². The molecule has 96 valence electrons. The van der Waals surface area contributed by atoms with Crippen molar-refractivity contribution in [2.24, 2.45) is 5.92 Å². The van der Waals surface area contributed by atoms with Crippen molar-refractivity contribution in [3.8, 4) is 0 Å². The first kappa shape index (κ1) is 12.4. The summed E-state index contributed by atoms with van der Waals surface area (Å²) in [6.45, 7) is 3.94. The fourth-order valence-electron chi connectivity index (χ4n) is 2.05. The van der Waals surface area contributed by atoms with Gasteiger partial charge in [0, 0.05) is 12.2 Å². The van der Waals surface area contributed by atoms with Crippen LogP contribution in [0.5, 0.6) is 0 Å². The highest BCUT2D eigenvalue weighted by atomic mass is 16.6. The quantitative estimate of drug-likeness (QED) is 0.870. The van der Waals surface area contributed by atoms with Crippen molar-refractivity contribution >= 4 is 17.7 Å². The Kier molecular flexibility index (Phi) is 3.23. The van der Waals surface area contributed by atoms with Gasteiger partial charge in [-0.1, -0.05) is 17.7 Å². The number of aryl methyl sites for hydroxylation is 2. The third kappa shape index (κ3) is 2.30. The predicted octanol–water partition coefficient (Wildman–Crippen LogP) is 1.96. The topological polar surface area (TPSA) is 66.8 Å². The fourth-order valence-corrected chi connectivity index (χ4v) is 2.05. The van der Waals surface area contributed by atoms with Crippen LogP contribution in [0, 0.1) is 19.8 Å². The molecule has 0 radical (unpaired) electrons. The van der Waals surface area contributed by atoms with Crippen LogP contribution in [0.2, 0.25) is 0 Å². The van der Waals surface area contributed by atoms with E-state index < -0.39 is 18.0 Å². The lowest BCUT2D eigenvalue weighted by atomic mass is 10.1. The molecule has 1 saturated heterocycles. The van der Waals surface area contributed by atoms with E-state index in [1.165, 1.54) is 4.90 Å². The molecule has 5 heteroatoms. The minimum absolute atomic E-state index is 0.0599. The summed E-state index contributed by atoms with van der Waals surface area (Å²) in [4.78, 5) is 24.1. The molecule has 2 rings (SSSR count). The average Bonchev–Trinajstić information content (AvgIpc) is 2.30. The van der Waals surface area contributed by atoms with Gasteiger partial charge in [-0.25, -0.2) is 4.79 Å².